The quantitative estimate of drug-likeness (QED) is 0.749. The van der Waals surface area contributed by atoms with Crippen LogP contribution in [0.25, 0.3) is 0 Å². The Bertz CT molecular complexity index is 800. The number of ether oxygens (including phenoxy) is 1. The van der Waals surface area contributed by atoms with Crippen molar-refractivity contribution in [1.82, 2.24) is 10.2 Å². The van der Waals surface area contributed by atoms with Gasteiger partial charge in [-0.3, -0.25) is 14.5 Å². The molecule has 2 aliphatic heterocycles. The largest absolute Gasteiger partial charge is 0.350 e. The number of amides is 1. The third-order valence-corrected chi connectivity index (χ3v) is 5.66. The van der Waals surface area contributed by atoms with Crippen molar-refractivity contribution >= 4 is 21.8 Å². The molecular formula is C17H23N3O5S. The van der Waals surface area contributed by atoms with Gasteiger partial charge in [0.2, 0.25) is 0 Å². The molecule has 0 bridgehead atoms. The van der Waals surface area contributed by atoms with Gasteiger partial charge in [0.1, 0.15) is 11.9 Å². The van der Waals surface area contributed by atoms with Crippen LogP contribution in [0.3, 0.4) is 0 Å². The molecule has 0 saturated carbocycles. The van der Waals surface area contributed by atoms with E-state index >= 15 is 0 Å². The maximum Gasteiger partial charge on any atom is 0.268 e. The lowest BCUT2D eigenvalue weighted by atomic mass is 10.0. The van der Waals surface area contributed by atoms with Crippen LogP contribution >= 0.6 is 0 Å². The van der Waals surface area contributed by atoms with Gasteiger partial charge in [-0.1, -0.05) is 26.0 Å². The van der Waals surface area contributed by atoms with Crippen molar-refractivity contribution in [3.63, 3.8) is 0 Å². The Kier molecular flexibility index (Phi) is 5.59. The van der Waals surface area contributed by atoms with Crippen LogP contribution < -0.4 is 10.2 Å². The molecule has 3 rings (SSSR count). The number of fused-ring (bicyclic) bond motifs is 1. The van der Waals surface area contributed by atoms with Crippen LogP contribution in [-0.4, -0.2) is 39.1 Å². The number of benzene rings is 1. The van der Waals surface area contributed by atoms with Crippen molar-refractivity contribution < 1.29 is 22.8 Å². The maximum absolute atomic E-state index is 12.5. The average molecular weight is 381 g/mol. The third kappa shape index (κ3) is 4.05. The van der Waals surface area contributed by atoms with Crippen molar-refractivity contribution in [2.75, 3.05) is 6.61 Å². The maximum atomic E-state index is 12.5. The van der Waals surface area contributed by atoms with Gasteiger partial charge in [0.05, 0.1) is 4.90 Å². The Morgan fingerprint density at radius 3 is 2.81 bits per heavy atom. The summed E-state index contributed by atoms with van der Waals surface area (Å²) >= 11 is 0. The van der Waals surface area contributed by atoms with E-state index in [9.17, 15) is 13.2 Å². The molecule has 2 heterocycles. The molecule has 1 saturated heterocycles. The highest BCUT2D eigenvalue weighted by Gasteiger charge is 2.33. The monoisotopic (exact) mass is 381 g/mol. The first-order valence-corrected chi connectivity index (χ1v) is 10.1. The first-order valence-electron chi connectivity index (χ1n) is 8.65. The van der Waals surface area contributed by atoms with Crippen LogP contribution in [0, 0.1) is 5.92 Å². The second kappa shape index (κ2) is 7.73. The van der Waals surface area contributed by atoms with Crippen molar-refractivity contribution in [1.29, 1.82) is 0 Å². The fraction of sp³-hybridized carbons (Fsp3) is 0.529. The molecule has 2 atom stereocenters. The molecule has 1 aromatic rings. The molecule has 2 aliphatic rings. The second-order valence-electron chi connectivity index (χ2n) is 6.65. The molecule has 1 fully saturated rings. The molecule has 1 aromatic carbocycles. The molecule has 0 spiro atoms. The van der Waals surface area contributed by atoms with Gasteiger partial charge in [-0.25, -0.2) is 18.7 Å². The normalized spacial score (nSPS) is 24.1. The smallest absolute Gasteiger partial charge is 0.268 e. The lowest BCUT2D eigenvalue weighted by Gasteiger charge is -2.23. The predicted molar refractivity (Wildman–Crippen MR) is 94.7 cm³/mol. The van der Waals surface area contributed by atoms with E-state index in [4.69, 9.17) is 9.57 Å². The van der Waals surface area contributed by atoms with Crippen molar-refractivity contribution in [3.05, 3.63) is 29.8 Å². The minimum Gasteiger partial charge on any atom is -0.350 e. The molecule has 142 valence electrons. The Hall–Kier alpha value is -1.97. The molecule has 8 nitrogen and oxygen atoms in total. The third-order valence-electron chi connectivity index (χ3n) is 4.26. The van der Waals surface area contributed by atoms with E-state index < -0.39 is 28.3 Å². The summed E-state index contributed by atoms with van der Waals surface area (Å²) in [4.78, 5) is 22.4. The summed E-state index contributed by atoms with van der Waals surface area (Å²) in [6.45, 7) is 4.27. The molecule has 0 aromatic heterocycles. The topological polar surface area (TPSA) is 106 Å². The number of carbonyl (C=O) groups is 1. The van der Waals surface area contributed by atoms with Crippen molar-refractivity contribution in [2.45, 2.75) is 50.3 Å². The highest BCUT2D eigenvalue weighted by molar-refractivity contribution is 7.90. The lowest BCUT2D eigenvalue weighted by molar-refractivity contribution is -0.201. The van der Waals surface area contributed by atoms with Crippen LogP contribution in [0.4, 0.5) is 0 Å². The second-order valence-corrected chi connectivity index (χ2v) is 8.30. The van der Waals surface area contributed by atoms with E-state index in [0.717, 1.165) is 12.8 Å². The minimum absolute atomic E-state index is 0.157. The van der Waals surface area contributed by atoms with Gasteiger partial charge < -0.3 is 4.74 Å². The number of nitrogens with zero attached hydrogens (tertiary/aromatic N) is 1. The fourth-order valence-electron chi connectivity index (χ4n) is 2.87. The van der Waals surface area contributed by atoms with Gasteiger partial charge >= 0.3 is 0 Å². The van der Waals surface area contributed by atoms with Gasteiger partial charge in [0.15, 0.2) is 6.29 Å². The van der Waals surface area contributed by atoms with E-state index in [1.165, 1.54) is 6.07 Å². The molecule has 0 unspecified atom stereocenters. The number of hydrogen-bond acceptors (Lipinski definition) is 6. The number of aliphatic imine (C=N–C) groups is 1. The van der Waals surface area contributed by atoms with Gasteiger partial charge in [-0.2, -0.15) is 0 Å². The zero-order valence-corrected chi connectivity index (χ0v) is 15.6. The summed E-state index contributed by atoms with van der Waals surface area (Å²) in [5.74, 6) is -0.427. The van der Waals surface area contributed by atoms with Crippen LogP contribution in [0.1, 0.15) is 38.7 Å². The van der Waals surface area contributed by atoms with Crippen molar-refractivity contribution in [2.24, 2.45) is 10.9 Å². The average Bonchev–Trinajstić information content (AvgIpc) is 2.89. The van der Waals surface area contributed by atoms with E-state index in [-0.39, 0.29) is 16.6 Å². The van der Waals surface area contributed by atoms with Gasteiger partial charge in [0.25, 0.3) is 15.9 Å². The molecule has 9 heteroatoms. The van der Waals surface area contributed by atoms with Crippen LogP contribution in [0.15, 0.2) is 34.2 Å². The molecule has 1 amide bonds. The Labute approximate surface area is 153 Å². The number of amidine groups is 1. The highest BCUT2D eigenvalue weighted by atomic mass is 32.2. The predicted octanol–water partition coefficient (Wildman–Crippen LogP) is 1.32. The summed E-state index contributed by atoms with van der Waals surface area (Å²) in [5, 5.41) is 0. The fourth-order valence-corrected chi connectivity index (χ4v) is 4.11. The first-order chi connectivity index (χ1) is 12.4. The van der Waals surface area contributed by atoms with Gasteiger partial charge in [0, 0.05) is 18.6 Å². The summed E-state index contributed by atoms with van der Waals surface area (Å²) in [6.07, 6.45) is 2.22. The SMILES string of the molecule is CC(C)[C@H](N=C1NS(=O)(=O)c2ccccc21)C(=O)NO[C@H]1CCCCO1. The Morgan fingerprint density at radius 1 is 1.35 bits per heavy atom. The van der Waals surface area contributed by atoms with E-state index in [1.807, 2.05) is 13.8 Å². The molecule has 0 aliphatic carbocycles. The zero-order valence-electron chi connectivity index (χ0n) is 14.8. The van der Waals surface area contributed by atoms with Crippen LogP contribution in [0.5, 0.6) is 0 Å². The van der Waals surface area contributed by atoms with Crippen LogP contribution in [0.2, 0.25) is 0 Å². The van der Waals surface area contributed by atoms with Crippen LogP contribution in [-0.2, 0) is 24.4 Å². The molecule has 2 N–H and O–H groups in total. The first kappa shape index (κ1) is 18.8. The number of sulfonamides is 1. The summed E-state index contributed by atoms with van der Waals surface area (Å²) in [5.41, 5.74) is 2.86. The molecular weight excluding hydrogens is 358 g/mol. The zero-order chi connectivity index (χ0) is 18.7. The van der Waals surface area contributed by atoms with Gasteiger partial charge in [-0.05, 0) is 30.9 Å². The lowest BCUT2D eigenvalue weighted by Crippen LogP contribution is -2.41. The summed E-state index contributed by atoms with van der Waals surface area (Å²) in [7, 11) is -3.64. The number of hydroxylamine groups is 1. The highest BCUT2D eigenvalue weighted by Crippen LogP contribution is 2.23. The number of hydrogen-bond donors (Lipinski definition) is 2. The Morgan fingerprint density at radius 2 is 2.12 bits per heavy atom. The van der Waals surface area contributed by atoms with Crippen molar-refractivity contribution in [3.8, 4) is 0 Å². The number of nitrogens with one attached hydrogen (secondary N) is 2. The van der Waals surface area contributed by atoms with E-state index in [2.05, 4.69) is 15.2 Å². The minimum atomic E-state index is -3.64. The van der Waals surface area contributed by atoms with E-state index in [0.29, 0.717) is 18.6 Å². The molecule has 0 radical (unpaired) electrons. The Balaban J connectivity index is 1.76. The number of carbonyl (C=O) groups excluding carboxylic acids is 1. The summed E-state index contributed by atoms with van der Waals surface area (Å²) in [6, 6.07) is 5.74. The van der Waals surface area contributed by atoms with Gasteiger partial charge in [-0.15, -0.1) is 0 Å². The van der Waals surface area contributed by atoms with E-state index in [1.54, 1.807) is 18.2 Å². The molecule has 26 heavy (non-hydrogen) atoms. The standard InChI is InChI=1S/C17H23N3O5S/c1-11(2)15(17(21)19-25-14-9-5-6-10-24-14)18-16-12-7-3-4-8-13(12)26(22,23)20-16/h3-4,7-8,11,14-15H,5-6,9-10H2,1-2H3,(H,18,20)(H,19,21)/t14-,15-/m0/s1. The number of rotatable bonds is 5. The summed E-state index contributed by atoms with van der Waals surface area (Å²) < 4.78 is 32.2.